The predicted molar refractivity (Wildman–Crippen MR) is 42.2 cm³/mol. The molecule has 0 saturated heterocycles. The van der Waals surface area contributed by atoms with Crippen molar-refractivity contribution < 1.29 is 9.53 Å². The number of amides is 1. The van der Waals surface area contributed by atoms with Gasteiger partial charge in [-0.05, 0) is 18.8 Å². The van der Waals surface area contributed by atoms with Gasteiger partial charge in [0.25, 0.3) is 0 Å². The first-order valence-corrected chi connectivity index (χ1v) is 3.98. The Morgan fingerprint density at radius 3 is 2.64 bits per heavy atom. The quantitative estimate of drug-likeness (QED) is 0.594. The summed E-state index contributed by atoms with van der Waals surface area (Å²) in [4.78, 5) is 12.5. The topological polar surface area (TPSA) is 29.5 Å². The lowest BCUT2D eigenvalue weighted by atomic mass is 10.5. The summed E-state index contributed by atoms with van der Waals surface area (Å²) in [5.74, 6) is 0.788. The molecule has 0 aromatic rings. The minimum Gasteiger partial charge on any atom is -0.371 e. The van der Waals surface area contributed by atoms with Crippen LogP contribution in [0.5, 0.6) is 0 Å². The van der Waals surface area contributed by atoms with Crippen molar-refractivity contribution in [2.45, 2.75) is 12.8 Å². The number of hydrogen-bond acceptors (Lipinski definition) is 2. The van der Waals surface area contributed by atoms with Gasteiger partial charge in [-0.3, -0.25) is 4.79 Å². The van der Waals surface area contributed by atoms with Crippen LogP contribution >= 0.6 is 0 Å². The fraction of sp³-hybridized carbons (Fsp3) is 0.875. The van der Waals surface area contributed by atoms with Gasteiger partial charge in [0.1, 0.15) is 6.61 Å². The van der Waals surface area contributed by atoms with Gasteiger partial charge in [0, 0.05) is 14.1 Å². The second kappa shape index (κ2) is 3.72. The zero-order valence-electron chi connectivity index (χ0n) is 7.17. The summed E-state index contributed by atoms with van der Waals surface area (Å²) in [5, 5.41) is 0. The number of carbonyl (C=O) groups excluding carboxylic acids is 1. The highest BCUT2D eigenvalue weighted by molar-refractivity contribution is 5.76. The average Bonchev–Trinajstić information content (AvgIpc) is 2.71. The molecule has 0 heterocycles. The molecule has 0 spiro atoms. The van der Waals surface area contributed by atoms with E-state index >= 15 is 0 Å². The molecule has 3 nitrogen and oxygen atoms in total. The normalized spacial score (nSPS) is 16.5. The Morgan fingerprint density at radius 1 is 1.55 bits per heavy atom. The van der Waals surface area contributed by atoms with Gasteiger partial charge in [-0.25, -0.2) is 0 Å². The molecule has 0 aliphatic heterocycles. The molecule has 64 valence electrons. The van der Waals surface area contributed by atoms with Crippen LogP contribution in [0.15, 0.2) is 0 Å². The van der Waals surface area contributed by atoms with Gasteiger partial charge in [0.05, 0.1) is 6.61 Å². The van der Waals surface area contributed by atoms with Crippen molar-refractivity contribution in [2.24, 2.45) is 5.92 Å². The summed E-state index contributed by atoms with van der Waals surface area (Å²) in [6.07, 6.45) is 2.55. The SMILES string of the molecule is CN(C)C(=O)COCC1CC1. The van der Waals surface area contributed by atoms with E-state index in [1.54, 1.807) is 19.0 Å². The number of carbonyl (C=O) groups is 1. The molecule has 11 heavy (non-hydrogen) atoms. The van der Waals surface area contributed by atoms with Crippen molar-refractivity contribution in [3.05, 3.63) is 0 Å². The van der Waals surface area contributed by atoms with Crippen molar-refractivity contribution in [1.29, 1.82) is 0 Å². The zero-order chi connectivity index (χ0) is 8.27. The molecular weight excluding hydrogens is 142 g/mol. The second-order valence-corrected chi connectivity index (χ2v) is 3.25. The van der Waals surface area contributed by atoms with Crippen LogP contribution in [0.3, 0.4) is 0 Å². The molecule has 0 radical (unpaired) electrons. The van der Waals surface area contributed by atoms with Crippen molar-refractivity contribution in [3.63, 3.8) is 0 Å². The van der Waals surface area contributed by atoms with Crippen LogP contribution in [0.25, 0.3) is 0 Å². The summed E-state index contributed by atoms with van der Waals surface area (Å²) in [7, 11) is 3.48. The maximum atomic E-state index is 10.9. The van der Waals surface area contributed by atoms with E-state index in [2.05, 4.69) is 0 Å². The second-order valence-electron chi connectivity index (χ2n) is 3.25. The molecule has 1 rings (SSSR count). The molecule has 1 fully saturated rings. The highest BCUT2D eigenvalue weighted by Crippen LogP contribution is 2.28. The molecular formula is C8H15NO2. The van der Waals surface area contributed by atoms with E-state index in [1.165, 1.54) is 12.8 Å². The molecule has 0 N–H and O–H groups in total. The highest BCUT2D eigenvalue weighted by Gasteiger charge is 2.21. The zero-order valence-corrected chi connectivity index (χ0v) is 7.17. The average molecular weight is 157 g/mol. The third-order valence-corrected chi connectivity index (χ3v) is 1.77. The van der Waals surface area contributed by atoms with Crippen LogP contribution < -0.4 is 0 Å². The van der Waals surface area contributed by atoms with Crippen LogP contribution in [-0.2, 0) is 9.53 Å². The number of ether oxygens (including phenoxy) is 1. The number of nitrogens with zero attached hydrogens (tertiary/aromatic N) is 1. The third-order valence-electron chi connectivity index (χ3n) is 1.77. The van der Waals surface area contributed by atoms with Gasteiger partial charge < -0.3 is 9.64 Å². The molecule has 1 saturated carbocycles. The number of rotatable bonds is 4. The molecule has 1 aliphatic rings. The fourth-order valence-electron chi connectivity index (χ4n) is 0.727. The van der Waals surface area contributed by atoms with Crippen molar-refractivity contribution >= 4 is 5.91 Å². The van der Waals surface area contributed by atoms with Crippen molar-refractivity contribution in [1.82, 2.24) is 4.90 Å². The summed E-state index contributed by atoms with van der Waals surface area (Å²) in [6, 6.07) is 0. The van der Waals surface area contributed by atoms with E-state index in [-0.39, 0.29) is 12.5 Å². The van der Waals surface area contributed by atoms with Gasteiger partial charge >= 0.3 is 0 Å². The Hall–Kier alpha value is -0.570. The first-order valence-electron chi connectivity index (χ1n) is 3.98. The van der Waals surface area contributed by atoms with Crippen LogP contribution in [0.4, 0.5) is 0 Å². The molecule has 0 aromatic carbocycles. The van der Waals surface area contributed by atoms with Gasteiger partial charge in [0.2, 0.25) is 5.91 Å². The standard InChI is InChI=1S/C8H15NO2/c1-9(2)8(10)6-11-5-7-3-4-7/h7H,3-6H2,1-2H3. The molecule has 1 aliphatic carbocycles. The monoisotopic (exact) mass is 157 g/mol. The predicted octanol–water partition coefficient (Wildman–Crippen LogP) is 0.501. The van der Waals surface area contributed by atoms with Gasteiger partial charge in [0.15, 0.2) is 0 Å². The minimum absolute atomic E-state index is 0.0469. The molecule has 0 bridgehead atoms. The van der Waals surface area contributed by atoms with Gasteiger partial charge in [-0.1, -0.05) is 0 Å². The number of likely N-dealkylation sites (N-methyl/N-ethyl adjacent to an activating group) is 1. The van der Waals surface area contributed by atoms with Crippen LogP contribution in [0, 0.1) is 5.92 Å². The smallest absolute Gasteiger partial charge is 0.248 e. The largest absolute Gasteiger partial charge is 0.371 e. The Bertz CT molecular complexity index is 141. The highest BCUT2D eigenvalue weighted by atomic mass is 16.5. The van der Waals surface area contributed by atoms with Gasteiger partial charge in [-0.2, -0.15) is 0 Å². The van der Waals surface area contributed by atoms with E-state index < -0.39 is 0 Å². The maximum Gasteiger partial charge on any atom is 0.248 e. The lowest BCUT2D eigenvalue weighted by Crippen LogP contribution is -2.26. The van der Waals surface area contributed by atoms with E-state index in [0.29, 0.717) is 0 Å². The minimum atomic E-state index is 0.0469. The van der Waals surface area contributed by atoms with Crippen LogP contribution in [0.1, 0.15) is 12.8 Å². The summed E-state index contributed by atoms with van der Waals surface area (Å²) < 4.78 is 5.19. The first kappa shape index (κ1) is 8.53. The van der Waals surface area contributed by atoms with Gasteiger partial charge in [-0.15, -0.1) is 0 Å². The first-order chi connectivity index (χ1) is 5.20. The number of hydrogen-bond donors (Lipinski definition) is 0. The third kappa shape index (κ3) is 3.37. The lowest BCUT2D eigenvalue weighted by Gasteiger charge is -2.09. The summed E-state index contributed by atoms with van der Waals surface area (Å²) in [5.41, 5.74) is 0. The van der Waals surface area contributed by atoms with E-state index in [9.17, 15) is 4.79 Å². The van der Waals surface area contributed by atoms with Crippen molar-refractivity contribution in [3.8, 4) is 0 Å². The van der Waals surface area contributed by atoms with E-state index in [0.717, 1.165) is 12.5 Å². The molecule has 0 unspecified atom stereocenters. The van der Waals surface area contributed by atoms with E-state index in [4.69, 9.17) is 4.74 Å². The van der Waals surface area contributed by atoms with Crippen LogP contribution in [0.2, 0.25) is 0 Å². The lowest BCUT2D eigenvalue weighted by molar-refractivity contribution is -0.133. The summed E-state index contributed by atoms with van der Waals surface area (Å²) >= 11 is 0. The molecule has 3 heteroatoms. The molecule has 0 atom stereocenters. The molecule has 0 aromatic heterocycles. The maximum absolute atomic E-state index is 10.9. The van der Waals surface area contributed by atoms with Crippen LogP contribution in [-0.4, -0.2) is 38.1 Å². The van der Waals surface area contributed by atoms with E-state index in [1.807, 2.05) is 0 Å². The Balaban J connectivity index is 1.96. The molecule has 1 amide bonds. The fourth-order valence-corrected chi connectivity index (χ4v) is 0.727. The summed E-state index contributed by atoms with van der Waals surface area (Å²) in [6.45, 7) is 1.00. The Labute approximate surface area is 67.3 Å². The van der Waals surface area contributed by atoms with Crippen molar-refractivity contribution in [2.75, 3.05) is 27.3 Å². The Morgan fingerprint density at radius 2 is 2.18 bits per heavy atom. The Kier molecular flexibility index (Phi) is 2.88.